The van der Waals surface area contributed by atoms with E-state index in [4.69, 9.17) is 4.74 Å². The summed E-state index contributed by atoms with van der Waals surface area (Å²) in [5.41, 5.74) is 1.65. The van der Waals surface area contributed by atoms with Crippen LogP contribution in [0.4, 0.5) is 19.0 Å². The maximum absolute atomic E-state index is 13.3. The Morgan fingerprint density at radius 3 is 2.43 bits per heavy atom. The van der Waals surface area contributed by atoms with Crippen molar-refractivity contribution in [1.82, 2.24) is 29.5 Å². The van der Waals surface area contributed by atoms with Crippen LogP contribution >= 0.6 is 0 Å². The highest BCUT2D eigenvalue weighted by atomic mass is 32.2. The van der Waals surface area contributed by atoms with Gasteiger partial charge in [0.2, 0.25) is 5.88 Å². The zero-order chi connectivity index (χ0) is 30.2. The summed E-state index contributed by atoms with van der Waals surface area (Å²) in [6.45, 7) is 3.72. The lowest BCUT2D eigenvalue weighted by molar-refractivity contribution is -0.140. The van der Waals surface area contributed by atoms with Crippen LogP contribution in [0.1, 0.15) is 61.2 Å². The Bertz CT molecular complexity index is 1700. The number of ether oxygens (including phenoxy) is 1. The molecule has 0 amide bonds. The summed E-state index contributed by atoms with van der Waals surface area (Å²) in [7, 11) is -2.93. The highest BCUT2D eigenvalue weighted by Crippen LogP contribution is 2.45. The highest BCUT2D eigenvalue weighted by Gasteiger charge is 2.35. The molecule has 11 nitrogen and oxygen atoms in total. The Morgan fingerprint density at radius 1 is 1.12 bits per heavy atom. The lowest BCUT2D eigenvalue weighted by atomic mass is 10.1. The van der Waals surface area contributed by atoms with Gasteiger partial charge < -0.3 is 14.6 Å². The van der Waals surface area contributed by atoms with Gasteiger partial charge in [-0.3, -0.25) is 4.55 Å². The van der Waals surface area contributed by atoms with Crippen molar-refractivity contribution in [2.24, 2.45) is 0 Å². The lowest BCUT2D eigenvalue weighted by Crippen LogP contribution is -2.11. The van der Waals surface area contributed by atoms with Gasteiger partial charge >= 0.3 is 6.18 Å². The van der Waals surface area contributed by atoms with Gasteiger partial charge in [-0.2, -0.15) is 21.6 Å². The van der Waals surface area contributed by atoms with E-state index < -0.39 is 27.7 Å². The first-order chi connectivity index (χ1) is 19.8. The normalized spacial score (nSPS) is 13.9. The lowest BCUT2D eigenvalue weighted by Gasteiger charge is -2.15. The van der Waals surface area contributed by atoms with Gasteiger partial charge in [-0.1, -0.05) is 24.3 Å². The van der Waals surface area contributed by atoms with Gasteiger partial charge in [0.25, 0.3) is 10.1 Å². The van der Waals surface area contributed by atoms with Crippen molar-refractivity contribution in [3.05, 3.63) is 65.5 Å². The molecular weight excluding hydrogens is 575 g/mol. The SMILES string of the molecule is COc1ncnc(C2CC2)c1-c1ncc(CS(=O)(=O)O)c(NCc2ccc(-c3nc(C(F)(F)F)cn3C(C)C)cc2)n1. The zero-order valence-corrected chi connectivity index (χ0v) is 23.7. The van der Waals surface area contributed by atoms with Crippen LogP contribution in [0.2, 0.25) is 0 Å². The summed E-state index contributed by atoms with van der Waals surface area (Å²) in [5.74, 6) is 0.368. The molecule has 0 unspecified atom stereocenters. The second-order valence-corrected chi connectivity index (χ2v) is 11.7. The summed E-state index contributed by atoms with van der Waals surface area (Å²) < 4.78 is 79.7. The largest absolute Gasteiger partial charge is 0.480 e. The van der Waals surface area contributed by atoms with E-state index in [1.54, 1.807) is 38.1 Å². The number of benzene rings is 1. The van der Waals surface area contributed by atoms with Gasteiger partial charge in [0, 0.05) is 42.0 Å². The summed E-state index contributed by atoms with van der Waals surface area (Å²) in [6, 6.07) is 6.53. The molecule has 1 aliphatic carbocycles. The highest BCUT2D eigenvalue weighted by molar-refractivity contribution is 7.85. The number of hydrogen-bond acceptors (Lipinski definition) is 9. The molecule has 0 spiro atoms. The molecule has 1 aromatic carbocycles. The number of methoxy groups -OCH3 is 1. The van der Waals surface area contributed by atoms with Crippen LogP contribution in [0.25, 0.3) is 22.8 Å². The van der Waals surface area contributed by atoms with Crippen molar-refractivity contribution in [1.29, 1.82) is 0 Å². The van der Waals surface area contributed by atoms with Crippen molar-refractivity contribution in [2.45, 2.75) is 57.1 Å². The molecule has 2 N–H and O–H groups in total. The molecule has 15 heteroatoms. The molecule has 4 aromatic rings. The van der Waals surface area contributed by atoms with Gasteiger partial charge in [0.1, 0.15) is 29.3 Å². The molecule has 3 heterocycles. The van der Waals surface area contributed by atoms with Crippen LogP contribution in [0.3, 0.4) is 0 Å². The van der Waals surface area contributed by atoms with E-state index in [1.807, 2.05) is 0 Å². The number of nitrogens with one attached hydrogen (secondary N) is 1. The molecule has 0 aliphatic heterocycles. The second-order valence-electron chi connectivity index (χ2n) is 10.2. The molecule has 222 valence electrons. The average Bonchev–Trinajstić information content (AvgIpc) is 3.67. The summed E-state index contributed by atoms with van der Waals surface area (Å²) in [5, 5.41) is 3.10. The molecule has 5 rings (SSSR count). The first-order valence-corrected chi connectivity index (χ1v) is 14.6. The second kappa shape index (κ2) is 11.3. The first kappa shape index (κ1) is 29.4. The number of halogens is 3. The third-order valence-corrected chi connectivity index (χ3v) is 7.35. The molecule has 42 heavy (non-hydrogen) atoms. The Labute approximate surface area is 240 Å². The minimum absolute atomic E-state index is 0.139. The van der Waals surface area contributed by atoms with E-state index in [-0.39, 0.29) is 47.4 Å². The minimum atomic E-state index is -4.57. The smallest absolute Gasteiger partial charge is 0.434 e. The van der Waals surface area contributed by atoms with Crippen molar-refractivity contribution < 1.29 is 30.9 Å². The van der Waals surface area contributed by atoms with Crippen LogP contribution < -0.4 is 10.1 Å². The fraction of sp³-hybridized carbons (Fsp3) is 0.370. The van der Waals surface area contributed by atoms with Crippen LogP contribution in [0, 0.1) is 0 Å². The quantitative estimate of drug-likeness (QED) is 0.230. The molecule has 0 saturated heterocycles. The number of anilines is 1. The number of imidazole rings is 1. The molecule has 0 atom stereocenters. The fourth-order valence-electron chi connectivity index (χ4n) is 4.49. The summed E-state index contributed by atoms with van der Waals surface area (Å²) in [6.07, 6.45) is 1.05. The topological polar surface area (TPSA) is 145 Å². The van der Waals surface area contributed by atoms with Crippen molar-refractivity contribution in [3.8, 4) is 28.7 Å². The Morgan fingerprint density at radius 2 is 1.83 bits per heavy atom. The van der Waals surface area contributed by atoms with E-state index >= 15 is 0 Å². The Hall–Kier alpha value is -4.11. The van der Waals surface area contributed by atoms with Gasteiger partial charge in [-0.05, 0) is 32.3 Å². The van der Waals surface area contributed by atoms with Crippen LogP contribution in [-0.2, 0) is 28.6 Å². The van der Waals surface area contributed by atoms with Gasteiger partial charge in [0.05, 0.1) is 12.8 Å². The van der Waals surface area contributed by atoms with E-state index in [1.165, 1.54) is 24.2 Å². The molecule has 1 aliphatic rings. The van der Waals surface area contributed by atoms with Gasteiger partial charge in [0.15, 0.2) is 11.5 Å². The number of nitrogens with zero attached hydrogens (tertiary/aromatic N) is 6. The average molecular weight is 604 g/mol. The van der Waals surface area contributed by atoms with E-state index in [9.17, 15) is 26.1 Å². The first-order valence-electron chi connectivity index (χ1n) is 13.0. The predicted octanol–water partition coefficient (Wildman–Crippen LogP) is 5.28. The maximum atomic E-state index is 13.3. The fourth-order valence-corrected chi connectivity index (χ4v) is 5.10. The number of rotatable bonds is 10. The van der Waals surface area contributed by atoms with E-state index in [2.05, 4.69) is 30.2 Å². The molecular formula is C27H28F3N7O4S. The van der Waals surface area contributed by atoms with E-state index in [0.717, 1.165) is 30.3 Å². The number of aromatic nitrogens is 6. The number of alkyl halides is 3. The standard InChI is InChI=1S/C27H28F3N7O4S/c1-15(2)37-12-20(27(28,29)30)35-25(37)18-6-4-16(5-7-18)10-31-23-19(13-42(38,39)40)11-32-24(36-23)21-22(17-8-9-17)33-14-34-26(21)41-3/h4-7,11-12,14-15,17H,8-10,13H2,1-3H3,(H,31,32,36)(H,38,39,40). The monoisotopic (exact) mass is 603 g/mol. The Balaban J connectivity index is 1.44. The van der Waals surface area contributed by atoms with Crippen molar-refractivity contribution in [3.63, 3.8) is 0 Å². The van der Waals surface area contributed by atoms with Crippen molar-refractivity contribution >= 4 is 15.9 Å². The third kappa shape index (κ3) is 6.51. The summed E-state index contributed by atoms with van der Waals surface area (Å²) >= 11 is 0. The minimum Gasteiger partial charge on any atom is -0.480 e. The molecule has 1 saturated carbocycles. The summed E-state index contributed by atoms with van der Waals surface area (Å²) in [4.78, 5) is 21.3. The zero-order valence-electron chi connectivity index (χ0n) is 22.9. The van der Waals surface area contributed by atoms with Gasteiger partial charge in [-0.25, -0.2) is 24.9 Å². The number of hydrogen-bond donors (Lipinski definition) is 2. The molecule has 0 radical (unpaired) electrons. The molecule has 0 bridgehead atoms. The van der Waals surface area contributed by atoms with Crippen LogP contribution in [0.15, 0.2) is 43.0 Å². The van der Waals surface area contributed by atoms with E-state index in [0.29, 0.717) is 11.1 Å². The predicted molar refractivity (Wildman–Crippen MR) is 147 cm³/mol. The van der Waals surface area contributed by atoms with Crippen LogP contribution in [-0.4, -0.2) is 49.6 Å². The molecule has 1 fully saturated rings. The third-order valence-electron chi connectivity index (χ3n) is 6.68. The Kier molecular flexibility index (Phi) is 7.90. The maximum Gasteiger partial charge on any atom is 0.434 e. The van der Waals surface area contributed by atoms with Crippen molar-refractivity contribution in [2.75, 3.05) is 12.4 Å². The molecule has 3 aromatic heterocycles. The van der Waals surface area contributed by atoms with Gasteiger partial charge in [-0.15, -0.1) is 0 Å². The van der Waals surface area contributed by atoms with Crippen LogP contribution in [0.5, 0.6) is 5.88 Å².